The van der Waals surface area contributed by atoms with Crippen molar-refractivity contribution >= 4 is 39.0 Å². The average Bonchev–Trinajstić information content (AvgIpc) is 2.82. The summed E-state index contributed by atoms with van der Waals surface area (Å²) in [6.07, 6.45) is 0.0460. The van der Waals surface area contributed by atoms with Crippen molar-refractivity contribution in [2.45, 2.75) is 25.2 Å². The molecule has 0 aliphatic carbocycles. The maximum Gasteiger partial charge on any atom is 0.319 e. The molecule has 0 bridgehead atoms. The van der Waals surface area contributed by atoms with Gasteiger partial charge in [0.15, 0.2) is 0 Å². The van der Waals surface area contributed by atoms with Crippen LogP contribution >= 0.6 is 0 Å². The van der Waals surface area contributed by atoms with E-state index in [9.17, 15) is 18.0 Å². The standard InChI is InChI=1S/C25H28N4O5S/c1-17-4-5-21(16-18(17)2)29-35(32,33)23-12-8-19(9-13-23)27-24(30)14-15-26-25(31)28-20-6-10-22(34-3)11-7-20/h4-13,16,29H,14-15H2,1-3H3,(H,27,30)(H2,26,28,31). The van der Waals surface area contributed by atoms with Crippen LogP contribution in [0.4, 0.5) is 21.9 Å². The first-order chi connectivity index (χ1) is 16.7. The van der Waals surface area contributed by atoms with Crippen molar-refractivity contribution in [2.75, 3.05) is 29.0 Å². The highest BCUT2D eigenvalue weighted by molar-refractivity contribution is 7.92. The number of anilines is 3. The molecule has 9 nitrogen and oxygen atoms in total. The number of hydrogen-bond donors (Lipinski definition) is 4. The second-order valence-electron chi connectivity index (χ2n) is 7.84. The van der Waals surface area contributed by atoms with E-state index in [4.69, 9.17) is 4.74 Å². The van der Waals surface area contributed by atoms with Crippen LogP contribution in [0.1, 0.15) is 17.5 Å². The van der Waals surface area contributed by atoms with Gasteiger partial charge in [0, 0.05) is 30.0 Å². The van der Waals surface area contributed by atoms with Gasteiger partial charge < -0.3 is 20.7 Å². The van der Waals surface area contributed by atoms with Crippen LogP contribution in [0, 0.1) is 13.8 Å². The molecule has 4 N–H and O–H groups in total. The minimum Gasteiger partial charge on any atom is -0.497 e. The monoisotopic (exact) mass is 496 g/mol. The van der Waals surface area contributed by atoms with Crippen molar-refractivity contribution in [1.29, 1.82) is 0 Å². The summed E-state index contributed by atoms with van der Waals surface area (Å²) in [5, 5.41) is 7.95. The molecular weight excluding hydrogens is 468 g/mol. The molecule has 0 heterocycles. The number of sulfonamides is 1. The molecule has 0 aliphatic rings. The molecule has 3 amide bonds. The Bertz CT molecular complexity index is 1290. The highest BCUT2D eigenvalue weighted by atomic mass is 32.2. The van der Waals surface area contributed by atoms with Gasteiger partial charge in [-0.15, -0.1) is 0 Å². The Morgan fingerprint density at radius 2 is 1.40 bits per heavy atom. The number of aryl methyl sites for hydroxylation is 2. The Kier molecular flexibility index (Phi) is 8.32. The summed E-state index contributed by atoms with van der Waals surface area (Å²) in [5.41, 5.74) is 3.57. The lowest BCUT2D eigenvalue weighted by molar-refractivity contribution is -0.116. The summed E-state index contributed by atoms with van der Waals surface area (Å²) in [7, 11) is -2.21. The van der Waals surface area contributed by atoms with Gasteiger partial charge in [0.1, 0.15) is 5.75 Å². The number of ether oxygens (including phenoxy) is 1. The quantitative estimate of drug-likeness (QED) is 0.352. The molecule has 0 unspecified atom stereocenters. The zero-order valence-corrected chi connectivity index (χ0v) is 20.5. The summed E-state index contributed by atoms with van der Waals surface area (Å²) >= 11 is 0. The minimum absolute atomic E-state index is 0.0460. The number of methoxy groups -OCH3 is 1. The van der Waals surface area contributed by atoms with Crippen molar-refractivity contribution in [3.63, 3.8) is 0 Å². The van der Waals surface area contributed by atoms with E-state index in [1.807, 2.05) is 19.9 Å². The van der Waals surface area contributed by atoms with E-state index in [1.54, 1.807) is 43.5 Å². The van der Waals surface area contributed by atoms with Gasteiger partial charge in [-0.25, -0.2) is 13.2 Å². The zero-order valence-electron chi connectivity index (χ0n) is 19.7. The first-order valence-corrected chi connectivity index (χ1v) is 12.3. The maximum atomic E-state index is 12.6. The molecule has 0 fully saturated rings. The molecule has 3 aromatic rings. The fraction of sp³-hybridized carbons (Fsp3) is 0.200. The number of benzene rings is 3. The van der Waals surface area contributed by atoms with Gasteiger partial charge in [0.05, 0.1) is 12.0 Å². The second kappa shape index (κ2) is 11.4. The topological polar surface area (TPSA) is 126 Å². The van der Waals surface area contributed by atoms with E-state index in [-0.39, 0.29) is 23.8 Å². The van der Waals surface area contributed by atoms with E-state index in [2.05, 4.69) is 20.7 Å². The summed E-state index contributed by atoms with van der Waals surface area (Å²) in [4.78, 5) is 24.2. The molecule has 3 aromatic carbocycles. The third-order valence-electron chi connectivity index (χ3n) is 5.19. The van der Waals surface area contributed by atoms with Crippen LogP contribution in [0.5, 0.6) is 5.75 Å². The summed E-state index contributed by atoms with van der Waals surface area (Å²) in [5.74, 6) is 0.356. The van der Waals surface area contributed by atoms with Crippen LogP contribution in [-0.2, 0) is 14.8 Å². The molecular formula is C25H28N4O5S. The number of hydrogen-bond acceptors (Lipinski definition) is 5. The smallest absolute Gasteiger partial charge is 0.319 e. The Labute approximate surface area is 204 Å². The third-order valence-corrected chi connectivity index (χ3v) is 6.59. The number of amides is 3. The first kappa shape index (κ1) is 25.6. The molecule has 0 aliphatic heterocycles. The van der Waals surface area contributed by atoms with Crippen molar-refractivity contribution in [1.82, 2.24) is 5.32 Å². The van der Waals surface area contributed by atoms with Crippen LogP contribution in [0.25, 0.3) is 0 Å². The predicted molar refractivity (Wildman–Crippen MR) is 136 cm³/mol. The van der Waals surface area contributed by atoms with E-state index in [0.29, 0.717) is 22.8 Å². The van der Waals surface area contributed by atoms with Crippen molar-refractivity contribution < 1.29 is 22.7 Å². The lowest BCUT2D eigenvalue weighted by Gasteiger charge is -2.11. The Hall–Kier alpha value is -4.05. The SMILES string of the molecule is COc1ccc(NC(=O)NCCC(=O)Nc2ccc(S(=O)(=O)Nc3ccc(C)c(C)c3)cc2)cc1. The lowest BCUT2D eigenvalue weighted by atomic mass is 10.1. The van der Waals surface area contributed by atoms with Gasteiger partial charge in [-0.2, -0.15) is 0 Å². The van der Waals surface area contributed by atoms with Gasteiger partial charge in [0.2, 0.25) is 5.91 Å². The molecule has 35 heavy (non-hydrogen) atoms. The Morgan fingerprint density at radius 1 is 0.800 bits per heavy atom. The zero-order chi connectivity index (χ0) is 25.4. The van der Waals surface area contributed by atoms with E-state index < -0.39 is 16.1 Å². The Morgan fingerprint density at radius 3 is 2.03 bits per heavy atom. The number of carbonyl (C=O) groups excluding carboxylic acids is 2. The summed E-state index contributed by atoms with van der Waals surface area (Å²) in [6.45, 7) is 3.99. The molecule has 0 saturated heterocycles. The number of rotatable bonds is 9. The summed E-state index contributed by atoms with van der Waals surface area (Å²) < 4.78 is 32.9. The maximum absolute atomic E-state index is 12.6. The molecule has 0 radical (unpaired) electrons. The number of urea groups is 1. The van der Waals surface area contributed by atoms with Gasteiger partial charge >= 0.3 is 6.03 Å². The van der Waals surface area contributed by atoms with Crippen LogP contribution in [0.3, 0.4) is 0 Å². The van der Waals surface area contributed by atoms with Crippen molar-refractivity contribution in [3.8, 4) is 5.75 Å². The van der Waals surface area contributed by atoms with E-state index in [0.717, 1.165) is 11.1 Å². The van der Waals surface area contributed by atoms with Crippen LogP contribution < -0.4 is 25.4 Å². The van der Waals surface area contributed by atoms with Crippen LogP contribution in [-0.4, -0.2) is 34.0 Å². The van der Waals surface area contributed by atoms with Crippen molar-refractivity contribution in [2.24, 2.45) is 0 Å². The van der Waals surface area contributed by atoms with E-state index >= 15 is 0 Å². The van der Waals surface area contributed by atoms with E-state index in [1.165, 1.54) is 24.3 Å². The van der Waals surface area contributed by atoms with Gasteiger partial charge in [-0.1, -0.05) is 6.07 Å². The molecule has 3 rings (SSSR count). The molecule has 0 saturated carbocycles. The molecule has 0 atom stereocenters. The average molecular weight is 497 g/mol. The second-order valence-corrected chi connectivity index (χ2v) is 9.52. The highest BCUT2D eigenvalue weighted by Gasteiger charge is 2.15. The lowest BCUT2D eigenvalue weighted by Crippen LogP contribution is -2.31. The summed E-state index contributed by atoms with van der Waals surface area (Å²) in [6, 6.07) is 17.6. The molecule has 10 heteroatoms. The molecule has 184 valence electrons. The van der Waals surface area contributed by atoms with Gasteiger partial charge in [-0.3, -0.25) is 9.52 Å². The minimum atomic E-state index is -3.77. The fourth-order valence-electron chi connectivity index (χ4n) is 3.10. The van der Waals surface area contributed by atoms with Crippen molar-refractivity contribution in [3.05, 3.63) is 77.9 Å². The van der Waals surface area contributed by atoms with Crippen LogP contribution in [0.2, 0.25) is 0 Å². The largest absolute Gasteiger partial charge is 0.497 e. The fourth-order valence-corrected chi connectivity index (χ4v) is 4.15. The molecule has 0 spiro atoms. The number of nitrogens with one attached hydrogen (secondary N) is 4. The van der Waals surface area contributed by atoms with Gasteiger partial charge in [-0.05, 0) is 85.6 Å². The van der Waals surface area contributed by atoms with Gasteiger partial charge in [0.25, 0.3) is 10.0 Å². The number of carbonyl (C=O) groups is 2. The highest BCUT2D eigenvalue weighted by Crippen LogP contribution is 2.20. The predicted octanol–water partition coefficient (Wildman–Crippen LogP) is 4.26. The molecule has 0 aromatic heterocycles. The van der Waals surface area contributed by atoms with Crippen LogP contribution in [0.15, 0.2) is 71.6 Å². The third kappa shape index (κ3) is 7.47. The normalized spacial score (nSPS) is 10.8. The first-order valence-electron chi connectivity index (χ1n) is 10.9. The Balaban J connectivity index is 1.46.